The van der Waals surface area contributed by atoms with Crippen LogP contribution < -0.4 is 5.56 Å². The molecule has 3 rings (SSSR count). The van der Waals surface area contributed by atoms with Crippen LogP contribution in [0.5, 0.6) is 0 Å². The molecule has 0 aromatic carbocycles. The zero-order valence-electron chi connectivity index (χ0n) is 16.4. The zero-order chi connectivity index (χ0) is 19.7. The number of thiophene rings is 1. The Bertz CT molecular complexity index is 919. The first-order valence-corrected chi connectivity index (χ1v) is 11.2. The highest BCUT2D eigenvalue weighted by atomic mass is 32.2. The van der Waals surface area contributed by atoms with E-state index in [1.54, 1.807) is 22.0 Å². The van der Waals surface area contributed by atoms with Crippen molar-refractivity contribution in [3.05, 3.63) is 33.4 Å². The van der Waals surface area contributed by atoms with Crippen LogP contribution in [-0.4, -0.2) is 38.2 Å². The van der Waals surface area contributed by atoms with Crippen LogP contribution in [0.25, 0.3) is 10.2 Å². The molecule has 0 unspecified atom stereocenters. The smallest absolute Gasteiger partial charge is 0.263 e. The van der Waals surface area contributed by atoms with E-state index in [4.69, 9.17) is 4.98 Å². The summed E-state index contributed by atoms with van der Waals surface area (Å²) in [6.07, 6.45) is 4.82. The lowest BCUT2D eigenvalue weighted by Crippen LogP contribution is -2.43. The van der Waals surface area contributed by atoms with Crippen molar-refractivity contribution < 1.29 is 4.79 Å². The van der Waals surface area contributed by atoms with Crippen LogP contribution in [-0.2, 0) is 24.2 Å². The Balaban J connectivity index is 1.94. The number of hydrogen-bond acceptors (Lipinski definition) is 5. The second-order valence-corrected chi connectivity index (χ2v) is 9.44. The van der Waals surface area contributed by atoms with E-state index < -0.39 is 0 Å². The molecule has 7 heteroatoms. The van der Waals surface area contributed by atoms with Gasteiger partial charge in [-0.3, -0.25) is 14.2 Å². The zero-order valence-corrected chi connectivity index (χ0v) is 18.1. The fourth-order valence-electron chi connectivity index (χ4n) is 3.83. The molecule has 2 aromatic heterocycles. The predicted molar refractivity (Wildman–Crippen MR) is 114 cm³/mol. The van der Waals surface area contributed by atoms with Crippen LogP contribution in [0.4, 0.5) is 0 Å². The van der Waals surface area contributed by atoms with Gasteiger partial charge in [0.25, 0.3) is 5.56 Å². The van der Waals surface area contributed by atoms with Crippen LogP contribution in [0, 0.1) is 0 Å². The van der Waals surface area contributed by atoms with E-state index in [-0.39, 0.29) is 29.3 Å². The summed E-state index contributed by atoms with van der Waals surface area (Å²) in [6, 6.07) is 0.286. The van der Waals surface area contributed by atoms with E-state index >= 15 is 0 Å². The Labute approximate surface area is 168 Å². The number of carbonyl (C=O) groups is 1. The fraction of sp³-hybridized carbons (Fsp3) is 0.550. The number of aromatic nitrogens is 2. The molecule has 1 aliphatic rings. The molecule has 146 valence electrons. The standard InChI is InChI=1S/C20H27N3O2S2/c1-6-10-22-19(25)17-14-8-7-9-15(14)27-18(17)21-20(22)26-11-16(24)23(12(2)3)13(4)5/h6,12-13H,1,7-11H2,2-5H3. The molecule has 0 aliphatic heterocycles. The van der Waals surface area contributed by atoms with E-state index in [0.29, 0.717) is 11.7 Å². The highest BCUT2D eigenvalue weighted by Crippen LogP contribution is 2.35. The first-order chi connectivity index (χ1) is 12.8. The average molecular weight is 406 g/mol. The van der Waals surface area contributed by atoms with Gasteiger partial charge in [-0.15, -0.1) is 17.9 Å². The van der Waals surface area contributed by atoms with Crippen molar-refractivity contribution in [3.8, 4) is 0 Å². The van der Waals surface area contributed by atoms with Gasteiger partial charge in [-0.1, -0.05) is 17.8 Å². The molecule has 0 saturated carbocycles. The number of thioether (sulfide) groups is 1. The number of allylic oxidation sites excluding steroid dienone is 1. The highest BCUT2D eigenvalue weighted by molar-refractivity contribution is 7.99. The van der Waals surface area contributed by atoms with Crippen LogP contribution in [0.2, 0.25) is 0 Å². The summed E-state index contributed by atoms with van der Waals surface area (Å²) < 4.78 is 1.66. The number of fused-ring (bicyclic) bond motifs is 3. The molecule has 0 bridgehead atoms. The summed E-state index contributed by atoms with van der Waals surface area (Å²) in [7, 11) is 0. The summed E-state index contributed by atoms with van der Waals surface area (Å²) in [6.45, 7) is 12.3. The molecule has 0 saturated heterocycles. The summed E-state index contributed by atoms with van der Waals surface area (Å²) in [4.78, 5) is 34.6. The Morgan fingerprint density at radius 2 is 2.04 bits per heavy atom. The van der Waals surface area contributed by atoms with Gasteiger partial charge in [-0.2, -0.15) is 0 Å². The maximum Gasteiger partial charge on any atom is 0.263 e. The lowest BCUT2D eigenvalue weighted by molar-refractivity contribution is -0.131. The van der Waals surface area contributed by atoms with E-state index in [2.05, 4.69) is 6.58 Å². The minimum absolute atomic E-state index is 0.00109. The molecular formula is C20H27N3O2S2. The lowest BCUT2D eigenvalue weighted by atomic mass is 10.2. The summed E-state index contributed by atoms with van der Waals surface area (Å²) in [5, 5.41) is 1.38. The van der Waals surface area contributed by atoms with Crippen molar-refractivity contribution in [2.75, 3.05) is 5.75 Å². The van der Waals surface area contributed by atoms with Crippen molar-refractivity contribution in [2.45, 2.75) is 70.7 Å². The number of amides is 1. The molecule has 0 fully saturated rings. The van der Waals surface area contributed by atoms with Gasteiger partial charge < -0.3 is 4.90 Å². The third-order valence-corrected chi connectivity index (χ3v) is 6.97. The number of aryl methyl sites for hydroxylation is 2. The van der Waals surface area contributed by atoms with Crippen molar-refractivity contribution >= 4 is 39.2 Å². The second-order valence-electron chi connectivity index (χ2n) is 7.41. The van der Waals surface area contributed by atoms with Gasteiger partial charge in [-0.25, -0.2) is 4.98 Å². The van der Waals surface area contributed by atoms with Gasteiger partial charge in [0.05, 0.1) is 11.1 Å². The SMILES string of the molecule is C=CCn1c(SCC(=O)N(C(C)C)C(C)C)nc2sc3c(c2c1=O)CCC3. The van der Waals surface area contributed by atoms with Crippen LogP contribution >= 0.6 is 23.1 Å². The van der Waals surface area contributed by atoms with Crippen molar-refractivity contribution in [2.24, 2.45) is 0 Å². The van der Waals surface area contributed by atoms with E-state index in [9.17, 15) is 9.59 Å². The first kappa shape index (κ1) is 20.1. The molecular weight excluding hydrogens is 378 g/mol. The lowest BCUT2D eigenvalue weighted by Gasteiger charge is -2.30. The van der Waals surface area contributed by atoms with Gasteiger partial charge in [0.2, 0.25) is 5.91 Å². The number of rotatable bonds is 7. The Kier molecular flexibility index (Phi) is 6.11. The van der Waals surface area contributed by atoms with Crippen LogP contribution in [0.15, 0.2) is 22.6 Å². The molecule has 1 aliphatic carbocycles. The van der Waals surface area contributed by atoms with Gasteiger partial charge in [0.15, 0.2) is 5.16 Å². The first-order valence-electron chi connectivity index (χ1n) is 9.45. The quantitative estimate of drug-likeness (QED) is 0.399. The Hall–Kier alpha value is -1.60. The third kappa shape index (κ3) is 3.85. The summed E-state index contributed by atoms with van der Waals surface area (Å²) >= 11 is 2.98. The molecule has 5 nitrogen and oxygen atoms in total. The van der Waals surface area contributed by atoms with Crippen molar-refractivity contribution in [3.63, 3.8) is 0 Å². The fourth-order valence-corrected chi connectivity index (χ4v) is 6.01. The van der Waals surface area contributed by atoms with Gasteiger partial charge in [-0.05, 0) is 52.5 Å². The number of nitrogens with zero attached hydrogens (tertiary/aromatic N) is 3. The monoisotopic (exact) mass is 405 g/mol. The van der Waals surface area contributed by atoms with Gasteiger partial charge >= 0.3 is 0 Å². The molecule has 2 aromatic rings. The predicted octanol–water partition coefficient (Wildman–Crippen LogP) is 3.87. The summed E-state index contributed by atoms with van der Waals surface area (Å²) in [5.41, 5.74) is 1.18. The molecule has 0 spiro atoms. The Morgan fingerprint density at radius 3 is 2.67 bits per heavy atom. The minimum Gasteiger partial charge on any atom is -0.337 e. The van der Waals surface area contributed by atoms with Gasteiger partial charge in [0, 0.05) is 23.5 Å². The molecule has 1 amide bonds. The molecule has 27 heavy (non-hydrogen) atoms. The topological polar surface area (TPSA) is 55.2 Å². The second kappa shape index (κ2) is 8.19. The van der Waals surface area contributed by atoms with E-state index in [0.717, 1.165) is 29.5 Å². The minimum atomic E-state index is -0.00109. The number of carbonyl (C=O) groups excluding carboxylic acids is 1. The van der Waals surface area contributed by atoms with E-state index in [1.165, 1.54) is 22.2 Å². The van der Waals surface area contributed by atoms with Crippen molar-refractivity contribution in [1.29, 1.82) is 0 Å². The maximum atomic E-state index is 13.1. The third-order valence-electron chi connectivity index (χ3n) is 4.83. The summed E-state index contributed by atoms with van der Waals surface area (Å²) in [5.74, 6) is 0.342. The van der Waals surface area contributed by atoms with Crippen molar-refractivity contribution in [1.82, 2.24) is 14.5 Å². The normalized spacial score (nSPS) is 13.6. The van der Waals surface area contributed by atoms with E-state index in [1.807, 2.05) is 32.6 Å². The Morgan fingerprint density at radius 1 is 1.33 bits per heavy atom. The maximum absolute atomic E-state index is 13.1. The van der Waals surface area contributed by atoms with Gasteiger partial charge in [0.1, 0.15) is 4.83 Å². The van der Waals surface area contributed by atoms with Crippen LogP contribution in [0.3, 0.4) is 0 Å². The molecule has 0 atom stereocenters. The van der Waals surface area contributed by atoms with Crippen LogP contribution in [0.1, 0.15) is 44.6 Å². The highest BCUT2D eigenvalue weighted by Gasteiger charge is 2.24. The number of hydrogen-bond donors (Lipinski definition) is 0. The molecule has 2 heterocycles. The molecule has 0 N–H and O–H groups in total. The largest absolute Gasteiger partial charge is 0.337 e. The average Bonchev–Trinajstić information content (AvgIpc) is 3.15. The molecule has 0 radical (unpaired) electrons.